The summed E-state index contributed by atoms with van der Waals surface area (Å²) in [5, 5.41) is 0. The van der Waals surface area contributed by atoms with Crippen LogP contribution in [-0.2, 0) is 59.1 Å². The van der Waals surface area contributed by atoms with Gasteiger partial charge in [0.1, 0.15) is 0 Å². The predicted molar refractivity (Wildman–Crippen MR) is 224 cm³/mol. The minimum Gasteiger partial charge on any atom is -0.437 e. The monoisotopic (exact) mass is 850 g/mol. The molecular weight excluding hydrogens is 769 g/mol. The van der Waals surface area contributed by atoms with E-state index in [1.165, 1.54) is 6.42 Å². The second kappa shape index (κ2) is 31.5. The third-order valence-electron chi connectivity index (χ3n) is 6.98. The zero-order valence-electron chi connectivity index (χ0n) is 36.1. The molecule has 0 unspecified atom stereocenters. The molecule has 0 amide bonds. The largest absolute Gasteiger partial charge is 0.437 e. The lowest BCUT2D eigenvalue weighted by Gasteiger charge is -2.43. The quantitative estimate of drug-likeness (QED) is 0.0469. The Morgan fingerprint density at radius 1 is 0.283 bits per heavy atom. The van der Waals surface area contributed by atoms with Gasteiger partial charge in [-0.3, -0.25) is 0 Å². The number of hydrogen-bond donors (Lipinski definition) is 0. The molecule has 0 aromatic rings. The topological polar surface area (TPSA) is 120 Å². The van der Waals surface area contributed by atoms with Crippen molar-refractivity contribution in [1.29, 1.82) is 0 Å². The van der Waals surface area contributed by atoms with Crippen LogP contribution in [0.2, 0.25) is 78.1 Å². The van der Waals surface area contributed by atoms with Crippen LogP contribution in [-0.4, -0.2) is 162 Å². The second-order valence-corrected chi connectivity index (χ2v) is 36.1. The molecule has 0 rings (SSSR count). The summed E-state index contributed by atoms with van der Waals surface area (Å²) in [6.45, 7) is 33.9. The standard InChI is InChI=1S/C35H82O13Si5/c1-36-19-20-38-23-24-40-27-28-42-31-32-44-34-33-43-30-29-41-26-25-39-22-21-37-18-16-14-13-15-17-35-53(12,47-51(8,9)45-49(2,3)4)48-52(10,11)46-50(5,6)7/h13-35H2,1-12H3. The van der Waals surface area contributed by atoms with Crippen LogP contribution in [0.3, 0.4) is 0 Å². The van der Waals surface area contributed by atoms with Crippen molar-refractivity contribution in [2.24, 2.45) is 0 Å². The van der Waals surface area contributed by atoms with Crippen LogP contribution in [0.4, 0.5) is 0 Å². The molecule has 0 aliphatic carbocycles. The van der Waals surface area contributed by atoms with Gasteiger partial charge in [0, 0.05) is 13.7 Å². The van der Waals surface area contributed by atoms with Crippen LogP contribution >= 0.6 is 0 Å². The Hall–Kier alpha value is 0.564. The van der Waals surface area contributed by atoms with Crippen LogP contribution in [0, 0.1) is 0 Å². The van der Waals surface area contributed by atoms with Crippen LogP contribution < -0.4 is 0 Å². The number of rotatable bonds is 40. The summed E-state index contributed by atoms with van der Waals surface area (Å²) in [5.41, 5.74) is 0. The lowest BCUT2D eigenvalue weighted by atomic mass is 10.2. The zero-order chi connectivity index (χ0) is 40.0. The van der Waals surface area contributed by atoms with Gasteiger partial charge in [-0.05, 0) is 84.5 Å². The molecule has 0 spiro atoms. The third-order valence-corrected chi connectivity index (χ3v) is 24.5. The van der Waals surface area contributed by atoms with E-state index in [9.17, 15) is 0 Å². The molecule has 0 heterocycles. The molecule has 0 atom stereocenters. The normalized spacial score (nSPS) is 13.4. The smallest absolute Gasteiger partial charge is 0.317 e. The summed E-state index contributed by atoms with van der Waals surface area (Å²) < 4.78 is 76.0. The first kappa shape index (κ1) is 53.6. The molecule has 0 N–H and O–H groups in total. The van der Waals surface area contributed by atoms with Gasteiger partial charge < -0.3 is 59.1 Å². The van der Waals surface area contributed by atoms with Gasteiger partial charge in [-0.2, -0.15) is 0 Å². The first-order chi connectivity index (χ1) is 24.9. The molecule has 53 heavy (non-hydrogen) atoms. The van der Waals surface area contributed by atoms with E-state index in [1.54, 1.807) is 7.11 Å². The van der Waals surface area contributed by atoms with E-state index >= 15 is 0 Å². The number of unbranched alkanes of at least 4 members (excludes halogenated alkanes) is 4. The maximum absolute atomic E-state index is 6.90. The molecule has 18 heteroatoms. The highest BCUT2D eigenvalue weighted by Gasteiger charge is 2.46. The molecule has 320 valence electrons. The highest BCUT2D eigenvalue weighted by atomic mass is 28.5. The van der Waals surface area contributed by atoms with Crippen molar-refractivity contribution >= 4 is 42.3 Å². The molecule has 0 bridgehead atoms. The van der Waals surface area contributed by atoms with Gasteiger partial charge in [0.2, 0.25) is 0 Å². The van der Waals surface area contributed by atoms with E-state index in [0.29, 0.717) is 106 Å². The average Bonchev–Trinajstić information content (AvgIpc) is 3.00. The van der Waals surface area contributed by atoms with Gasteiger partial charge in [0.15, 0.2) is 16.6 Å². The minimum absolute atomic E-state index is 0.525. The second-order valence-electron chi connectivity index (χ2n) is 16.0. The molecule has 13 nitrogen and oxygen atoms in total. The van der Waals surface area contributed by atoms with E-state index in [1.807, 2.05) is 0 Å². The summed E-state index contributed by atoms with van der Waals surface area (Å²) in [6, 6.07) is 0.964. The van der Waals surface area contributed by atoms with Gasteiger partial charge in [-0.15, -0.1) is 0 Å². The highest BCUT2D eigenvalue weighted by Crippen LogP contribution is 2.30. The van der Waals surface area contributed by atoms with E-state index in [4.69, 9.17) is 59.1 Å². The maximum Gasteiger partial charge on any atom is 0.317 e. The lowest BCUT2D eigenvalue weighted by Crippen LogP contribution is -2.59. The Bertz CT molecular complexity index is 803. The van der Waals surface area contributed by atoms with Crippen LogP contribution in [0.15, 0.2) is 0 Å². The first-order valence-corrected chi connectivity index (χ1v) is 34.8. The Morgan fingerprint density at radius 2 is 0.547 bits per heavy atom. The Morgan fingerprint density at radius 3 is 0.849 bits per heavy atom. The molecule has 0 aliphatic heterocycles. The molecule has 0 radical (unpaired) electrons. The molecule has 0 aliphatic rings. The zero-order valence-corrected chi connectivity index (χ0v) is 41.1. The summed E-state index contributed by atoms with van der Waals surface area (Å²) in [7, 11) is -8.97. The van der Waals surface area contributed by atoms with Crippen LogP contribution in [0.1, 0.15) is 32.1 Å². The van der Waals surface area contributed by atoms with E-state index in [2.05, 4.69) is 72.0 Å². The summed E-state index contributed by atoms with van der Waals surface area (Å²) >= 11 is 0. The van der Waals surface area contributed by atoms with E-state index in [-0.39, 0.29) is 0 Å². The number of ether oxygens (including phenoxy) is 9. The molecular formula is C35H82O13Si5. The van der Waals surface area contributed by atoms with Gasteiger partial charge in [0.05, 0.1) is 106 Å². The van der Waals surface area contributed by atoms with Gasteiger partial charge in [0.25, 0.3) is 0 Å². The predicted octanol–water partition coefficient (Wildman–Crippen LogP) is 6.93. The fraction of sp³-hybridized carbons (Fsp3) is 1.00. The lowest BCUT2D eigenvalue weighted by molar-refractivity contribution is -0.0243. The Balaban J connectivity index is 3.76. The summed E-state index contributed by atoms with van der Waals surface area (Å²) in [4.78, 5) is 0. The van der Waals surface area contributed by atoms with E-state index < -0.39 is 42.3 Å². The van der Waals surface area contributed by atoms with Crippen LogP contribution in [0.5, 0.6) is 0 Å². The summed E-state index contributed by atoms with van der Waals surface area (Å²) in [5.74, 6) is 0. The fourth-order valence-corrected chi connectivity index (χ4v) is 29.1. The van der Waals surface area contributed by atoms with Crippen molar-refractivity contribution in [2.75, 3.05) is 119 Å². The van der Waals surface area contributed by atoms with Crippen molar-refractivity contribution < 1.29 is 59.1 Å². The van der Waals surface area contributed by atoms with Crippen molar-refractivity contribution in [3.05, 3.63) is 0 Å². The average molecular weight is 851 g/mol. The minimum atomic E-state index is -2.49. The maximum atomic E-state index is 6.90. The number of methoxy groups -OCH3 is 1. The molecule has 0 saturated carbocycles. The molecule has 0 aromatic heterocycles. The Labute approximate surface area is 330 Å². The van der Waals surface area contributed by atoms with Crippen molar-refractivity contribution in [3.63, 3.8) is 0 Å². The molecule has 0 saturated heterocycles. The fourth-order valence-electron chi connectivity index (χ4n) is 5.64. The first-order valence-electron chi connectivity index (χ1n) is 19.8. The molecule has 0 aromatic carbocycles. The third kappa shape index (κ3) is 39.2. The van der Waals surface area contributed by atoms with Gasteiger partial charge >= 0.3 is 25.7 Å². The number of hydrogen-bond acceptors (Lipinski definition) is 13. The van der Waals surface area contributed by atoms with Gasteiger partial charge in [-0.1, -0.05) is 25.7 Å². The van der Waals surface area contributed by atoms with E-state index in [0.717, 1.165) is 38.3 Å². The van der Waals surface area contributed by atoms with Gasteiger partial charge in [-0.25, -0.2) is 0 Å². The SMILES string of the molecule is COCCOCCOCCOCCOCCOCCOCCOCCOCCCCCCC[Si](C)(O[Si](C)(C)O[Si](C)(C)C)O[Si](C)(C)O[Si](C)(C)C. The van der Waals surface area contributed by atoms with Crippen LogP contribution in [0.25, 0.3) is 0 Å². The summed E-state index contributed by atoms with van der Waals surface area (Å²) in [6.07, 6.45) is 5.64. The Kier molecular flexibility index (Phi) is 31.9. The highest BCUT2D eigenvalue weighted by molar-refractivity contribution is 6.90. The molecule has 0 fully saturated rings. The van der Waals surface area contributed by atoms with Crippen molar-refractivity contribution in [1.82, 2.24) is 0 Å². The van der Waals surface area contributed by atoms with Crippen molar-refractivity contribution in [2.45, 2.75) is 110 Å². The van der Waals surface area contributed by atoms with Crippen molar-refractivity contribution in [3.8, 4) is 0 Å².